The Labute approximate surface area is 86.2 Å². The van der Waals surface area contributed by atoms with Crippen LogP contribution in [0.4, 0.5) is 0 Å². The highest BCUT2D eigenvalue weighted by Gasteiger charge is 2.02. The smallest absolute Gasteiger partial charge is 0.144 e. The van der Waals surface area contributed by atoms with Gasteiger partial charge in [0.25, 0.3) is 0 Å². The van der Waals surface area contributed by atoms with Gasteiger partial charge in [0.05, 0.1) is 6.20 Å². The summed E-state index contributed by atoms with van der Waals surface area (Å²) in [6.45, 7) is 0. The molecule has 68 valence electrons. The molecule has 2 rings (SSSR count). The average Bonchev–Trinajstić information content (AvgIpc) is 2.65. The van der Waals surface area contributed by atoms with Crippen LogP contribution >= 0.6 is 11.6 Å². The second-order valence-corrected chi connectivity index (χ2v) is 3.18. The Kier molecular flexibility index (Phi) is 2.21. The van der Waals surface area contributed by atoms with Crippen molar-refractivity contribution >= 4 is 11.6 Å². The van der Waals surface area contributed by atoms with E-state index in [-0.39, 0.29) is 0 Å². The van der Waals surface area contributed by atoms with Crippen LogP contribution in [0.2, 0.25) is 5.02 Å². The van der Waals surface area contributed by atoms with Gasteiger partial charge in [-0.3, -0.25) is 4.57 Å². The molecule has 1 aromatic carbocycles. The topological polar surface area (TPSA) is 41.6 Å². The van der Waals surface area contributed by atoms with E-state index in [1.54, 1.807) is 23.0 Å². The first-order valence-electron chi connectivity index (χ1n) is 3.99. The first kappa shape index (κ1) is 8.79. The molecule has 0 saturated carbocycles. The Bertz CT molecular complexity index is 496. The van der Waals surface area contributed by atoms with E-state index in [1.165, 1.54) is 6.20 Å². The van der Waals surface area contributed by atoms with Crippen LogP contribution in [0.1, 0.15) is 5.69 Å². The van der Waals surface area contributed by atoms with Crippen molar-refractivity contribution in [3.63, 3.8) is 0 Å². The first-order chi connectivity index (χ1) is 6.81. The van der Waals surface area contributed by atoms with Crippen molar-refractivity contribution in [1.29, 1.82) is 5.26 Å². The molecule has 0 atom stereocenters. The fraction of sp³-hybridized carbons (Fsp3) is 0. The molecule has 0 spiro atoms. The number of rotatable bonds is 1. The Balaban J connectivity index is 2.56. The quantitative estimate of drug-likeness (QED) is 0.714. The molecule has 1 heterocycles. The predicted molar refractivity (Wildman–Crippen MR) is 53.3 cm³/mol. The third kappa shape index (κ3) is 1.48. The fourth-order valence-electron chi connectivity index (χ4n) is 1.21. The van der Waals surface area contributed by atoms with Gasteiger partial charge in [0.2, 0.25) is 0 Å². The molecule has 2 aromatic rings. The van der Waals surface area contributed by atoms with Crippen molar-refractivity contribution in [3.8, 4) is 11.8 Å². The third-order valence-corrected chi connectivity index (χ3v) is 2.07. The van der Waals surface area contributed by atoms with E-state index in [1.807, 2.05) is 12.1 Å². The minimum Gasteiger partial charge on any atom is -0.290 e. The number of imidazole rings is 1. The van der Waals surface area contributed by atoms with Gasteiger partial charge in [-0.15, -0.1) is 0 Å². The molecule has 0 aliphatic rings. The van der Waals surface area contributed by atoms with Crippen LogP contribution in [0.5, 0.6) is 0 Å². The minimum absolute atomic E-state index is 0.493. The number of aromatic nitrogens is 2. The molecular formula is C10H6ClN3. The second kappa shape index (κ2) is 3.52. The predicted octanol–water partition coefficient (Wildman–Crippen LogP) is 2.40. The first-order valence-corrected chi connectivity index (χ1v) is 4.37. The lowest BCUT2D eigenvalue weighted by Gasteiger charge is -2.02. The lowest BCUT2D eigenvalue weighted by atomic mass is 10.3. The zero-order valence-corrected chi connectivity index (χ0v) is 7.94. The van der Waals surface area contributed by atoms with Crippen LogP contribution in [0, 0.1) is 11.3 Å². The molecule has 14 heavy (non-hydrogen) atoms. The summed E-state index contributed by atoms with van der Waals surface area (Å²) in [7, 11) is 0. The van der Waals surface area contributed by atoms with Crippen LogP contribution < -0.4 is 0 Å². The van der Waals surface area contributed by atoms with Gasteiger partial charge >= 0.3 is 0 Å². The van der Waals surface area contributed by atoms with E-state index in [9.17, 15) is 0 Å². The maximum atomic E-state index is 8.79. The third-order valence-electron chi connectivity index (χ3n) is 1.84. The molecule has 0 aliphatic heterocycles. The lowest BCUT2D eigenvalue weighted by molar-refractivity contribution is 1.04. The molecule has 3 nitrogen and oxygen atoms in total. The maximum Gasteiger partial charge on any atom is 0.144 e. The van der Waals surface area contributed by atoms with E-state index in [0.29, 0.717) is 10.7 Å². The van der Waals surface area contributed by atoms with Crippen molar-refractivity contribution in [2.75, 3.05) is 0 Å². The number of nitrogens with zero attached hydrogens (tertiary/aromatic N) is 3. The molecule has 1 aromatic heterocycles. The number of benzene rings is 1. The van der Waals surface area contributed by atoms with Crippen LogP contribution in [-0.2, 0) is 0 Å². The van der Waals surface area contributed by atoms with Crippen LogP contribution in [-0.4, -0.2) is 9.55 Å². The molecule has 0 bridgehead atoms. The zero-order valence-electron chi connectivity index (χ0n) is 7.18. The van der Waals surface area contributed by atoms with E-state index >= 15 is 0 Å². The summed E-state index contributed by atoms with van der Waals surface area (Å²) < 4.78 is 1.69. The van der Waals surface area contributed by atoms with Gasteiger partial charge < -0.3 is 0 Å². The maximum absolute atomic E-state index is 8.79. The molecule has 0 aliphatic carbocycles. The lowest BCUT2D eigenvalue weighted by Crippen LogP contribution is -1.94. The van der Waals surface area contributed by atoms with Crippen molar-refractivity contribution in [2.24, 2.45) is 0 Å². The number of halogens is 1. The zero-order chi connectivity index (χ0) is 9.97. The highest BCUT2D eigenvalue weighted by molar-refractivity contribution is 6.30. The molecule has 0 fully saturated rings. The van der Waals surface area contributed by atoms with Gasteiger partial charge in [-0.05, 0) is 18.2 Å². The highest BCUT2D eigenvalue weighted by atomic mass is 35.5. The SMILES string of the molecule is N#Cc1cncn1-c1cccc(Cl)c1. The standard InChI is InChI=1S/C10H6ClN3/c11-8-2-1-3-9(4-8)14-7-13-6-10(14)5-12/h1-4,6-7H. The fourth-order valence-corrected chi connectivity index (χ4v) is 1.39. The Morgan fingerprint density at radius 2 is 2.29 bits per heavy atom. The van der Waals surface area contributed by atoms with Crippen molar-refractivity contribution in [1.82, 2.24) is 9.55 Å². The second-order valence-electron chi connectivity index (χ2n) is 2.74. The normalized spacial score (nSPS) is 9.71. The van der Waals surface area contributed by atoms with Gasteiger partial charge in [-0.2, -0.15) is 5.26 Å². The van der Waals surface area contributed by atoms with Crippen LogP contribution in [0.25, 0.3) is 5.69 Å². The molecule has 0 N–H and O–H groups in total. The van der Waals surface area contributed by atoms with E-state index in [0.717, 1.165) is 5.69 Å². The van der Waals surface area contributed by atoms with Crippen molar-refractivity contribution < 1.29 is 0 Å². The van der Waals surface area contributed by atoms with E-state index in [4.69, 9.17) is 16.9 Å². The number of hydrogen-bond acceptors (Lipinski definition) is 2. The highest BCUT2D eigenvalue weighted by Crippen LogP contribution is 2.15. The summed E-state index contributed by atoms with van der Waals surface area (Å²) in [6.07, 6.45) is 3.10. The summed E-state index contributed by atoms with van der Waals surface area (Å²) in [6, 6.07) is 9.32. The monoisotopic (exact) mass is 203 g/mol. The summed E-state index contributed by atoms with van der Waals surface area (Å²) in [5.74, 6) is 0. The Hall–Kier alpha value is -1.79. The largest absolute Gasteiger partial charge is 0.290 e. The minimum atomic E-state index is 0.493. The van der Waals surface area contributed by atoms with Gasteiger partial charge in [-0.25, -0.2) is 4.98 Å². The van der Waals surface area contributed by atoms with Gasteiger partial charge in [0, 0.05) is 10.7 Å². The van der Waals surface area contributed by atoms with Crippen molar-refractivity contribution in [3.05, 3.63) is 47.5 Å². The van der Waals surface area contributed by atoms with Gasteiger partial charge in [-0.1, -0.05) is 17.7 Å². The molecular weight excluding hydrogens is 198 g/mol. The van der Waals surface area contributed by atoms with Gasteiger partial charge in [0.15, 0.2) is 0 Å². The van der Waals surface area contributed by atoms with Crippen molar-refractivity contribution in [2.45, 2.75) is 0 Å². The molecule has 0 saturated heterocycles. The summed E-state index contributed by atoms with van der Waals surface area (Å²) >= 11 is 5.84. The van der Waals surface area contributed by atoms with Crippen LogP contribution in [0.15, 0.2) is 36.8 Å². The molecule has 0 radical (unpaired) electrons. The van der Waals surface area contributed by atoms with E-state index in [2.05, 4.69) is 11.1 Å². The Morgan fingerprint density at radius 1 is 1.43 bits per heavy atom. The van der Waals surface area contributed by atoms with E-state index < -0.39 is 0 Å². The Morgan fingerprint density at radius 3 is 3.00 bits per heavy atom. The number of hydrogen-bond donors (Lipinski definition) is 0. The summed E-state index contributed by atoms with van der Waals surface area (Å²) in [4.78, 5) is 3.90. The molecule has 0 unspecified atom stereocenters. The number of nitriles is 1. The van der Waals surface area contributed by atoms with Gasteiger partial charge in [0.1, 0.15) is 18.1 Å². The summed E-state index contributed by atoms with van der Waals surface area (Å²) in [5.41, 5.74) is 1.33. The average molecular weight is 204 g/mol. The summed E-state index contributed by atoms with van der Waals surface area (Å²) in [5, 5.41) is 9.43. The molecule has 0 amide bonds. The van der Waals surface area contributed by atoms with Crippen LogP contribution in [0.3, 0.4) is 0 Å². The molecule has 4 heteroatoms.